The van der Waals surface area contributed by atoms with Gasteiger partial charge in [-0.1, -0.05) is 6.07 Å². The first-order valence-electron chi connectivity index (χ1n) is 6.17. The minimum atomic E-state index is -0.721. The summed E-state index contributed by atoms with van der Waals surface area (Å²) in [7, 11) is 0. The molecule has 4 nitrogen and oxygen atoms in total. The molecular formula is C13H17FN2O2S. The fraction of sp³-hybridized carbons (Fsp3) is 0.462. The molecule has 0 saturated carbocycles. The van der Waals surface area contributed by atoms with E-state index >= 15 is 0 Å². The van der Waals surface area contributed by atoms with Crippen LogP contribution in [0.2, 0.25) is 0 Å². The number of thioether (sulfide) groups is 1. The number of aryl methyl sites for hydroxylation is 1. The van der Waals surface area contributed by atoms with Crippen LogP contribution in [0.3, 0.4) is 0 Å². The van der Waals surface area contributed by atoms with Crippen molar-refractivity contribution in [2.45, 2.75) is 25.3 Å². The molecule has 0 bridgehead atoms. The number of hydrogen-bond acceptors (Lipinski definition) is 4. The van der Waals surface area contributed by atoms with Gasteiger partial charge < -0.3 is 14.8 Å². The molecule has 0 aliphatic rings. The third-order valence-electron chi connectivity index (χ3n) is 2.88. The lowest BCUT2D eigenvalue weighted by Gasteiger charge is -2.08. The van der Waals surface area contributed by atoms with E-state index in [0.29, 0.717) is 17.0 Å². The number of aliphatic hydroxyl groups is 2. The number of halogens is 1. The van der Waals surface area contributed by atoms with Gasteiger partial charge in [0, 0.05) is 12.3 Å². The van der Waals surface area contributed by atoms with Crippen LogP contribution in [0.5, 0.6) is 0 Å². The lowest BCUT2D eigenvalue weighted by molar-refractivity contribution is 0.113. The standard InChI is InChI=1S/C13H17FN2O2S/c1-2-16-11-5-3-4-10(14)13(11)15-12(16)8-19-7-9(18)6-17/h3-5,9,17-18H,2,6-8H2,1H3/t9-/m1/s1. The topological polar surface area (TPSA) is 58.3 Å². The molecule has 0 saturated heterocycles. The van der Waals surface area contributed by atoms with Crippen LogP contribution >= 0.6 is 11.8 Å². The van der Waals surface area contributed by atoms with Gasteiger partial charge in [-0.2, -0.15) is 11.8 Å². The Kier molecular flexibility index (Phi) is 4.79. The van der Waals surface area contributed by atoms with Crippen molar-refractivity contribution in [3.05, 3.63) is 29.8 Å². The first-order valence-corrected chi connectivity index (χ1v) is 7.33. The molecule has 1 aromatic carbocycles. The minimum absolute atomic E-state index is 0.244. The molecule has 0 radical (unpaired) electrons. The van der Waals surface area contributed by atoms with E-state index in [0.717, 1.165) is 17.9 Å². The molecule has 0 aliphatic heterocycles. The average molecular weight is 284 g/mol. The van der Waals surface area contributed by atoms with Crippen molar-refractivity contribution < 1.29 is 14.6 Å². The minimum Gasteiger partial charge on any atom is -0.394 e. The fourth-order valence-corrected chi connectivity index (χ4v) is 2.86. The number of imidazole rings is 1. The molecular weight excluding hydrogens is 267 g/mol. The van der Waals surface area contributed by atoms with E-state index in [4.69, 9.17) is 5.11 Å². The van der Waals surface area contributed by atoms with Gasteiger partial charge in [-0.25, -0.2) is 9.37 Å². The Labute approximate surface area is 115 Å². The van der Waals surface area contributed by atoms with Crippen molar-refractivity contribution in [2.75, 3.05) is 12.4 Å². The van der Waals surface area contributed by atoms with Gasteiger partial charge in [0.25, 0.3) is 0 Å². The van der Waals surface area contributed by atoms with Crippen molar-refractivity contribution >= 4 is 22.8 Å². The molecule has 2 rings (SSSR count). The molecule has 1 aromatic heterocycles. The molecule has 104 valence electrons. The first kappa shape index (κ1) is 14.3. The van der Waals surface area contributed by atoms with E-state index in [1.165, 1.54) is 17.8 Å². The molecule has 0 aliphatic carbocycles. The monoisotopic (exact) mass is 284 g/mol. The van der Waals surface area contributed by atoms with Gasteiger partial charge in [0.1, 0.15) is 11.3 Å². The summed E-state index contributed by atoms with van der Waals surface area (Å²) in [5.41, 5.74) is 1.18. The van der Waals surface area contributed by atoms with Crippen LogP contribution in [0.15, 0.2) is 18.2 Å². The second kappa shape index (κ2) is 6.36. The lowest BCUT2D eigenvalue weighted by Crippen LogP contribution is -2.15. The van der Waals surface area contributed by atoms with E-state index in [2.05, 4.69) is 4.98 Å². The van der Waals surface area contributed by atoms with E-state index < -0.39 is 6.10 Å². The van der Waals surface area contributed by atoms with Crippen LogP contribution in [0.1, 0.15) is 12.7 Å². The Balaban J connectivity index is 2.20. The number of benzene rings is 1. The number of fused-ring (bicyclic) bond motifs is 1. The molecule has 1 atom stereocenters. The number of aromatic nitrogens is 2. The van der Waals surface area contributed by atoms with Crippen molar-refractivity contribution in [2.24, 2.45) is 0 Å². The summed E-state index contributed by atoms with van der Waals surface area (Å²) in [6, 6.07) is 4.94. The smallest absolute Gasteiger partial charge is 0.151 e. The molecule has 2 aromatic rings. The normalized spacial score (nSPS) is 13.1. The molecule has 2 N–H and O–H groups in total. The molecule has 0 spiro atoms. The summed E-state index contributed by atoms with van der Waals surface area (Å²) in [5, 5.41) is 18.0. The second-order valence-corrected chi connectivity index (χ2v) is 5.26. The van der Waals surface area contributed by atoms with Gasteiger partial charge in [-0.15, -0.1) is 0 Å². The predicted octanol–water partition coefficient (Wildman–Crippen LogP) is 1.78. The average Bonchev–Trinajstić information content (AvgIpc) is 2.77. The van der Waals surface area contributed by atoms with E-state index in [1.807, 2.05) is 17.6 Å². The summed E-state index contributed by atoms with van der Waals surface area (Å²) in [6.07, 6.45) is -0.721. The van der Waals surface area contributed by atoms with Crippen LogP contribution < -0.4 is 0 Å². The highest BCUT2D eigenvalue weighted by molar-refractivity contribution is 7.98. The Morgan fingerprint density at radius 2 is 2.26 bits per heavy atom. The number of aliphatic hydroxyl groups excluding tert-OH is 2. The Hall–Kier alpha value is -1.11. The second-order valence-electron chi connectivity index (χ2n) is 4.23. The highest BCUT2D eigenvalue weighted by Gasteiger charge is 2.13. The van der Waals surface area contributed by atoms with Crippen LogP contribution in [0, 0.1) is 5.82 Å². The van der Waals surface area contributed by atoms with Crippen molar-refractivity contribution in [3.8, 4) is 0 Å². The lowest BCUT2D eigenvalue weighted by atomic mass is 10.3. The van der Waals surface area contributed by atoms with Gasteiger partial charge >= 0.3 is 0 Å². The zero-order chi connectivity index (χ0) is 13.8. The van der Waals surface area contributed by atoms with Crippen molar-refractivity contribution in [1.29, 1.82) is 0 Å². The van der Waals surface area contributed by atoms with Gasteiger partial charge in [-0.05, 0) is 19.1 Å². The fourth-order valence-electron chi connectivity index (χ4n) is 1.96. The van der Waals surface area contributed by atoms with Gasteiger partial charge in [0.15, 0.2) is 5.82 Å². The molecule has 6 heteroatoms. The summed E-state index contributed by atoms with van der Waals surface area (Å²) >= 11 is 1.47. The molecule has 19 heavy (non-hydrogen) atoms. The maximum absolute atomic E-state index is 13.7. The number of rotatable bonds is 6. The maximum atomic E-state index is 13.7. The highest BCUT2D eigenvalue weighted by atomic mass is 32.2. The van der Waals surface area contributed by atoms with E-state index in [9.17, 15) is 9.50 Å². The van der Waals surface area contributed by atoms with E-state index in [1.54, 1.807) is 6.07 Å². The van der Waals surface area contributed by atoms with E-state index in [-0.39, 0.29) is 12.4 Å². The highest BCUT2D eigenvalue weighted by Crippen LogP contribution is 2.22. The van der Waals surface area contributed by atoms with Gasteiger partial charge in [0.05, 0.1) is 24.0 Å². The summed E-state index contributed by atoms with van der Waals surface area (Å²) in [4.78, 5) is 4.33. The Morgan fingerprint density at radius 1 is 1.47 bits per heavy atom. The summed E-state index contributed by atoms with van der Waals surface area (Å²) in [6.45, 7) is 2.47. The quantitative estimate of drug-likeness (QED) is 0.849. The predicted molar refractivity (Wildman–Crippen MR) is 74.6 cm³/mol. The molecule has 0 unspecified atom stereocenters. The first-order chi connectivity index (χ1) is 9.17. The van der Waals surface area contributed by atoms with Crippen LogP contribution in [-0.2, 0) is 12.3 Å². The number of nitrogens with zero attached hydrogens (tertiary/aromatic N) is 2. The Bertz CT molecular complexity index is 559. The van der Waals surface area contributed by atoms with Crippen molar-refractivity contribution in [3.63, 3.8) is 0 Å². The molecule has 0 amide bonds. The van der Waals surface area contributed by atoms with Crippen molar-refractivity contribution in [1.82, 2.24) is 9.55 Å². The van der Waals surface area contributed by atoms with Gasteiger partial charge in [-0.3, -0.25) is 0 Å². The zero-order valence-corrected chi connectivity index (χ0v) is 11.5. The van der Waals surface area contributed by atoms with Crippen LogP contribution in [0.4, 0.5) is 4.39 Å². The van der Waals surface area contributed by atoms with Crippen LogP contribution in [-0.4, -0.2) is 38.2 Å². The molecule has 0 fully saturated rings. The summed E-state index contributed by atoms with van der Waals surface area (Å²) < 4.78 is 15.6. The zero-order valence-electron chi connectivity index (χ0n) is 10.7. The van der Waals surface area contributed by atoms with Gasteiger partial charge in [0.2, 0.25) is 0 Å². The molecule has 1 heterocycles. The largest absolute Gasteiger partial charge is 0.394 e. The maximum Gasteiger partial charge on any atom is 0.151 e. The van der Waals surface area contributed by atoms with Crippen LogP contribution in [0.25, 0.3) is 11.0 Å². The Morgan fingerprint density at radius 3 is 2.95 bits per heavy atom. The number of para-hydroxylation sites is 1. The third-order valence-corrected chi connectivity index (χ3v) is 3.96. The SMILES string of the molecule is CCn1c(CSC[C@H](O)CO)nc2c(F)cccc21. The third kappa shape index (κ3) is 3.08. The number of hydrogen-bond donors (Lipinski definition) is 2. The summed E-state index contributed by atoms with van der Waals surface area (Å²) in [5.74, 6) is 1.49.